The van der Waals surface area contributed by atoms with Crippen LogP contribution in [0.2, 0.25) is 0 Å². The van der Waals surface area contributed by atoms with Crippen molar-refractivity contribution >= 4 is 39.5 Å². The zero-order chi connectivity index (χ0) is 34.8. The highest BCUT2D eigenvalue weighted by Crippen LogP contribution is 2.44. The molecule has 1 saturated carbocycles. The lowest BCUT2D eigenvalue weighted by Crippen LogP contribution is -2.34. The molecule has 4 N–H and O–H groups in total. The number of carbonyl (C=O) groups excluding carboxylic acids is 1. The van der Waals surface area contributed by atoms with Gasteiger partial charge in [0.1, 0.15) is 30.7 Å². The third-order valence-corrected chi connectivity index (χ3v) is 10.3. The van der Waals surface area contributed by atoms with Gasteiger partial charge in [-0.2, -0.15) is 4.98 Å². The second-order valence-corrected chi connectivity index (χ2v) is 13.9. The van der Waals surface area contributed by atoms with Crippen LogP contribution in [0.1, 0.15) is 35.0 Å². The van der Waals surface area contributed by atoms with Gasteiger partial charge in [0.15, 0.2) is 17.4 Å². The Morgan fingerprint density at radius 3 is 2.74 bits per heavy atom. The van der Waals surface area contributed by atoms with Crippen molar-refractivity contribution in [3.63, 3.8) is 0 Å². The Kier molecular flexibility index (Phi) is 10.5. The van der Waals surface area contributed by atoms with Gasteiger partial charge in [-0.15, -0.1) is 0 Å². The van der Waals surface area contributed by atoms with Gasteiger partial charge in [-0.05, 0) is 25.1 Å². The van der Waals surface area contributed by atoms with Crippen molar-refractivity contribution < 1.29 is 46.6 Å². The molecule has 1 amide bonds. The van der Waals surface area contributed by atoms with E-state index in [1.54, 1.807) is 43.6 Å². The Labute approximate surface area is 284 Å². The molecule has 1 aliphatic carbocycles. The summed E-state index contributed by atoms with van der Waals surface area (Å²) in [7, 11) is -4.62. The smallest absolute Gasteiger partial charge is 0.319 e. The number of rotatable bonds is 7. The van der Waals surface area contributed by atoms with E-state index < -0.39 is 58.6 Å². The molecule has 50 heavy (non-hydrogen) atoms. The summed E-state index contributed by atoms with van der Waals surface area (Å²) in [6.45, 7) is -0.0329. The number of anilines is 1. The minimum Gasteiger partial charge on any atom is -0.474 e. The summed E-state index contributed by atoms with van der Waals surface area (Å²) >= 11 is 0. The van der Waals surface area contributed by atoms with Crippen molar-refractivity contribution in [2.24, 2.45) is 5.92 Å². The zero-order valence-electron chi connectivity index (χ0n) is 26.5. The molecule has 0 spiro atoms. The molecular weight excluding hydrogens is 698 g/mol. The lowest BCUT2D eigenvalue weighted by Gasteiger charge is -2.23. The van der Waals surface area contributed by atoms with Crippen LogP contribution in [0.15, 0.2) is 54.0 Å². The van der Waals surface area contributed by atoms with Gasteiger partial charge in [0.05, 0.1) is 25.6 Å². The minimum atomic E-state index is -3.27. The molecule has 21 heteroatoms. The maximum atomic E-state index is 13.2. The van der Waals surface area contributed by atoms with Gasteiger partial charge >= 0.3 is 16.5 Å². The summed E-state index contributed by atoms with van der Waals surface area (Å²) < 4.78 is 62.1. The average Bonchev–Trinajstić information content (AvgIpc) is 3.78. The van der Waals surface area contributed by atoms with E-state index in [9.17, 15) is 23.8 Å². The Morgan fingerprint density at radius 1 is 1.10 bits per heavy atom. The molecule has 3 aromatic heterocycles. The molecule has 2 aliphatic heterocycles. The van der Waals surface area contributed by atoms with Crippen LogP contribution in [-0.4, -0.2) is 91.3 Å². The first-order chi connectivity index (χ1) is 24.3. The number of aliphatic hydroxyl groups excluding tert-OH is 1. The Balaban J connectivity index is 1.11. The fourth-order valence-corrected chi connectivity index (χ4v) is 8.04. The fourth-order valence-electron chi connectivity index (χ4n) is 6.24. The molecule has 2 bridgehead atoms. The van der Waals surface area contributed by atoms with Crippen LogP contribution in [-0.2, 0) is 38.5 Å². The number of amides is 1. The molecule has 9 atom stereocenters. The normalized spacial score (nSPS) is 30.2. The second-order valence-electron chi connectivity index (χ2n) is 11.8. The minimum absolute atomic E-state index is 0.0259. The molecule has 0 radical (unpaired) electrons. The second kappa shape index (κ2) is 15.1. The molecule has 7 rings (SSSR count). The predicted octanol–water partition coefficient (Wildman–Crippen LogP) is 1.59. The average molecular weight is 733 g/mol. The van der Waals surface area contributed by atoms with E-state index in [2.05, 4.69) is 35.6 Å². The number of hydrogen-bond acceptors (Lipinski definition) is 16. The number of carbonyl (C=O) groups is 1. The number of imidazole rings is 1. The number of hydrogen-bond donors (Lipinski definition) is 4. The largest absolute Gasteiger partial charge is 0.474 e. The summed E-state index contributed by atoms with van der Waals surface area (Å²) in [6.07, 6.45) is -1.20. The highest BCUT2D eigenvalue weighted by Gasteiger charge is 2.48. The van der Waals surface area contributed by atoms with Crippen LogP contribution < -0.4 is 20.9 Å². The molecular formula is C29H34N8O11P2. The Bertz CT molecular complexity index is 1950. The number of aliphatic hydroxyl groups is 1. The number of aromatic nitrogens is 6. The molecule has 1 aromatic carbocycles. The number of aromatic amines is 1. The number of nitrogens with one attached hydrogen (secondary N) is 3. The van der Waals surface area contributed by atoms with Crippen LogP contribution in [0, 0.1) is 5.92 Å². The lowest BCUT2D eigenvalue weighted by atomic mass is 10.1. The molecule has 4 aromatic rings. The maximum Gasteiger partial charge on any atom is 0.319 e. The Hall–Kier alpha value is -3.90. The highest BCUT2D eigenvalue weighted by atomic mass is 31.1. The van der Waals surface area contributed by atoms with Gasteiger partial charge < -0.3 is 33.5 Å². The summed E-state index contributed by atoms with van der Waals surface area (Å²) in [4.78, 5) is 45.2. The maximum absolute atomic E-state index is 13.2. The van der Waals surface area contributed by atoms with Crippen molar-refractivity contribution in [3.05, 3.63) is 70.7 Å². The molecule has 19 nitrogen and oxygen atoms in total. The predicted molar refractivity (Wildman–Crippen MR) is 174 cm³/mol. The Morgan fingerprint density at radius 2 is 1.92 bits per heavy atom. The lowest BCUT2D eigenvalue weighted by molar-refractivity contribution is -0.0481. The van der Waals surface area contributed by atoms with E-state index in [-0.39, 0.29) is 42.3 Å². The van der Waals surface area contributed by atoms with Crippen molar-refractivity contribution in [1.29, 1.82) is 0 Å². The zero-order valence-corrected chi connectivity index (χ0v) is 28.5. The highest BCUT2D eigenvalue weighted by molar-refractivity contribution is 7.33. The summed E-state index contributed by atoms with van der Waals surface area (Å²) in [6, 6.07) is 8.56. The van der Waals surface area contributed by atoms with Crippen molar-refractivity contribution in [2.75, 3.05) is 25.6 Å². The van der Waals surface area contributed by atoms with Crippen LogP contribution >= 0.6 is 16.5 Å². The number of ether oxygens (including phenoxy) is 2. The molecule has 5 heterocycles. The number of nitrogens with zero attached hydrogens (tertiary/aromatic N) is 5. The topological polar surface area (TPSA) is 240 Å². The van der Waals surface area contributed by atoms with Gasteiger partial charge in [-0.25, -0.2) is 15.0 Å². The van der Waals surface area contributed by atoms with Crippen molar-refractivity contribution in [3.8, 4) is 5.88 Å². The van der Waals surface area contributed by atoms with Crippen molar-refractivity contribution in [2.45, 2.75) is 56.1 Å². The van der Waals surface area contributed by atoms with Gasteiger partial charge in [0.25, 0.3) is 11.5 Å². The summed E-state index contributed by atoms with van der Waals surface area (Å²) in [5.41, 5.74) is 0.314. The molecule has 266 valence electrons. The number of benzene rings is 1. The standard InChI is InChI=1S/C29H34N8O11P2/c1-30-10-15-4-2-3-5-18(15)26(39)35-29-34-25-22(27(40)36-29)33-14-37(25)28-24-23(38)20(46-28)12-44-49(41)47-19-9-17(45-21-6-7-31-13-32-21)8-16(19)11-43-50(42)48-24/h2-7,13-14,16-17,19-20,23-24,28,30,38,49-50H,8-12H2,1H3,(H2,34,35,36,39,40)/t16-,17-,19+,20-,23-,24-,28-/m1/s1. The van der Waals surface area contributed by atoms with Crippen LogP contribution in [0.25, 0.3) is 11.2 Å². The molecule has 3 aliphatic rings. The quantitative estimate of drug-likeness (QED) is 0.197. The SMILES string of the molecule is CNCc1ccccc1C(=O)Nc1nc2c(ncn2[C@@H]2O[C@@H]3CO[PH](=O)O[C@H]4C[C@H](Oc5ccncn5)C[C@@H]4CO[PH](=O)O[C@@H]2[C@@H]3O)c(=O)[nH]1. The van der Waals surface area contributed by atoms with Gasteiger partial charge in [-0.3, -0.25) is 38.1 Å². The third-order valence-electron chi connectivity index (χ3n) is 8.57. The third kappa shape index (κ3) is 7.42. The fraction of sp³-hybridized carbons (Fsp3) is 0.448. The first kappa shape index (κ1) is 34.5. The van der Waals surface area contributed by atoms with E-state index in [1.165, 1.54) is 17.2 Å². The number of fused-ring (bicyclic) bond motifs is 4. The first-order valence-corrected chi connectivity index (χ1v) is 18.2. The molecule has 2 saturated heterocycles. The molecule has 2 unspecified atom stereocenters. The summed E-state index contributed by atoms with van der Waals surface area (Å²) in [5, 5.41) is 16.8. The van der Waals surface area contributed by atoms with Crippen molar-refractivity contribution in [1.82, 2.24) is 34.8 Å². The van der Waals surface area contributed by atoms with E-state index in [4.69, 9.17) is 27.6 Å². The van der Waals surface area contributed by atoms with Gasteiger partial charge in [0, 0.05) is 36.7 Å². The van der Waals surface area contributed by atoms with E-state index in [0.717, 1.165) is 5.56 Å². The van der Waals surface area contributed by atoms with E-state index in [0.29, 0.717) is 30.8 Å². The van der Waals surface area contributed by atoms with Crippen LogP contribution in [0.4, 0.5) is 5.95 Å². The van der Waals surface area contributed by atoms with Crippen LogP contribution in [0.5, 0.6) is 5.88 Å². The van der Waals surface area contributed by atoms with Gasteiger partial charge in [0.2, 0.25) is 11.8 Å². The monoisotopic (exact) mass is 732 g/mol. The number of H-pyrrole nitrogens is 1. The van der Waals surface area contributed by atoms with Crippen LogP contribution in [0.3, 0.4) is 0 Å². The first-order valence-electron chi connectivity index (χ1n) is 15.7. The van der Waals surface area contributed by atoms with E-state index >= 15 is 0 Å². The van der Waals surface area contributed by atoms with E-state index in [1.807, 2.05) is 0 Å². The van der Waals surface area contributed by atoms with Gasteiger partial charge in [-0.1, -0.05) is 18.2 Å². The molecule has 3 fully saturated rings. The summed E-state index contributed by atoms with van der Waals surface area (Å²) in [5.74, 6) is -0.699.